The molecule has 3 atom stereocenters. The highest BCUT2D eigenvalue weighted by Gasteiger charge is 2.48. The third-order valence-electron chi connectivity index (χ3n) is 6.44. The van der Waals surface area contributed by atoms with Crippen LogP contribution in [0.5, 0.6) is 23.0 Å². The predicted octanol–water partition coefficient (Wildman–Crippen LogP) is 3.15. The molecule has 0 saturated carbocycles. The lowest BCUT2D eigenvalue weighted by molar-refractivity contribution is -0.143. The highest BCUT2D eigenvalue weighted by atomic mass is 16.6. The maximum atomic E-state index is 13.7. The molecule has 3 unspecified atom stereocenters. The Labute approximate surface area is 212 Å². The topological polar surface area (TPSA) is 132 Å². The molecule has 0 aliphatic heterocycles. The Morgan fingerprint density at radius 2 is 1.30 bits per heavy atom. The summed E-state index contributed by atoms with van der Waals surface area (Å²) in [6.45, 7) is 4.93. The van der Waals surface area contributed by atoms with E-state index in [9.17, 15) is 24.0 Å². The average molecular weight is 510 g/mol. The summed E-state index contributed by atoms with van der Waals surface area (Å²) in [6, 6.07) is 6.32. The quantitative estimate of drug-likeness (QED) is 0.422. The minimum atomic E-state index is -0.645. The van der Waals surface area contributed by atoms with Crippen LogP contribution in [0.25, 0.3) is 0 Å². The summed E-state index contributed by atoms with van der Waals surface area (Å²) in [5.41, 5.74) is 2.36. The van der Waals surface area contributed by atoms with Gasteiger partial charge in [-0.15, -0.1) is 0 Å². The number of esters is 4. The van der Waals surface area contributed by atoms with Gasteiger partial charge >= 0.3 is 23.9 Å². The maximum absolute atomic E-state index is 13.7. The van der Waals surface area contributed by atoms with E-state index < -0.39 is 41.6 Å². The molecule has 2 aliphatic rings. The molecule has 0 spiro atoms. The van der Waals surface area contributed by atoms with Crippen molar-refractivity contribution >= 4 is 29.7 Å². The van der Waals surface area contributed by atoms with Gasteiger partial charge in [-0.2, -0.15) is 0 Å². The largest absolute Gasteiger partial charge is 0.493 e. The molecular formula is C27H26O10. The van der Waals surface area contributed by atoms with Gasteiger partial charge in [-0.05, 0) is 47.4 Å². The summed E-state index contributed by atoms with van der Waals surface area (Å²) in [5.74, 6) is -3.58. The second kappa shape index (κ2) is 10.0. The zero-order valence-electron chi connectivity index (χ0n) is 21.0. The molecule has 2 aromatic rings. The number of rotatable bonds is 6. The van der Waals surface area contributed by atoms with Gasteiger partial charge in [0.25, 0.3) is 0 Å². The van der Waals surface area contributed by atoms with Crippen molar-refractivity contribution in [1.82, 2.24) is 0 Å². The van der Waals surface area contributed by atoms with Gasteiger partial charge < -0.3 is 23.7 Å². The van der Waals surface area contributed by atoms with Gasteiger partial charge in [-0.25, -0.2) is 0 Å². The van der Waals surface area contributed by atoms with Crippen LogP contribution in [0.2, 0.25) is 0 Å². The molecular weight excluding hydrogens is 484 g/mol. The predicted molar refractivity (Wildman–Crippen MR) is 127 cm³/mol. The molecule has 0 amide bonds. The minimum Gasteiger partial charge on any atom is -0.493 e. The monoisotopic (exact) mass is 510 g/mol. The summed E-state index contributed by atoms with van der Waals surface area (Å²) in [7, 11) is 1.45. The van der Waals surface area contributed by atoms with E-state index in [0.717, 1.165) is 11.1 Å². The van der Waals surface area contributed by atoms with Gasteiger partial charge in [0.1, 0.15) is 0 Å². The molecule has 0 heterocycles. The standard InChI is InChI=1S/C27H26O10/c1-12(28)34-11-21-19-6-16-7-22(33-5)23(35-13(2)29)8-17(16)26(21)18-9-24(36-14(3)30)25(37-15(4)31)10-20(18)27(19)32/h7-10,19,21,26H,6,11H2,1-5H3. The summed E-state index contributed by atoms with van der Waals surface area (Å²) >= 11 is 0. The number of ketones is 1. The lowest BCUT2D eigenvalue weighted by Crippen LogP contribution is -2.43. The smallest absolute Gasteiger partial charge is 0.308 e. The van der Waals surface area contributed by atoms with Crippen LogP contribution >= 0.6 is 0 Å². The fourth-order valence-corrected chi connectivity index (χ4v) is 5.16. The van der Waals surface area contributed by atoms with Crippen molar-refractivity contribution in [2.24, 2.45) is 11.8 Å². The van der Waals surface area contributed by atoms with Crippen molar-refractivity contribution in [3.05, 3.63) is 46.5 Å². The van der Waals surface area contributed by atoms with Crippen LogP contribution in [0.4, 0.5) is 0 Å². The Morgan fingerprint density at radius 3 is 1.84 bits per heavy atom. The first-order valence-corrected chi connectivity index (χ1v) is 11.6. The zero-order valence-corrected chi connectivity index (χ0v) is 21.0. The molecule has 2 bridgehead atoms. The van der Waals surface area contributed by atoms with E-state index in [-0.39, 0.29) is 29.6 Å². The molecule has 10 nitrogen and oxygen atoms in total. The molecule has 0 N–H and O–H groups in total. The van der Waals surface area contributed by atoms with Crippen molar-refractivity contribution in [1.29, 1.82) is 0 Å². The van der Waals surface area contributed by atoms with Crippen LogP contribution in [-0.4, -0.2) is 43.4 Å². The van der Waals surface area contributed by atoms with Crippen LogP contribution in [0.1, 0.15) is 60.7 Å². The molecule has 2 aromatic carbocycles. The van der Waals surface area contributed by atoms with E-state index in [1.54, 1.807) is 12.1 Å². The summed E-state index contributed by atoms with van der Waals surface area (Å²) in [5, 5.41) is 0. The van der Waals surface area contributed by atoms with Gasteiger partial charge in [0.15, 0.2) is 28.8 Å². The fourth-order valence-electron chi connectivity index (χ4n) is 5.16. The summed E-state index contributed by atoms with van der Waals surface area (Å²) in [4.78, 5) is 60.7. The molecule has 0 radical (unpaired) electrons. The number of hydrogen-bond acceptors (Lipinski definition) is 10. The van der Waals surface area contributed by atoms with Crippen molar-refractivity contribution in [2.75, 3.05) is 13.7 Å². The second-order valence-corrected chi connectivity index (χ2v) is 8.99. The summed E-state index contributed by atoms with van der Waals surface area (Å²) in [6.07, 6.45) is 0.321. The van der Waals surface area contributed by atoms with Gasteiger partial charge in [0.2, 0.25) is 0 Å². The third-order valence-corrected chi connectivity index (χ3v) is 6.44. The Bertz CT molecular complexity index is 1320. The number of carbonyl (C=O) groups excluding carboxylic acids is 5. The molecule has 0 saturated heterocycles. The van der Waals surface area contributed by atoms with Crippen LogP contribution in [0.15, 0.2) is 24.3 Å². The fraction of sp³-hybridized carbons (Fsp3) is 0.370. The lowest BCUT2D eigenvalue weighted by atomic mass is 9.60. The Morgan fingerprint density at radius 1 is 0.757 bits per heavy atom. The molecule has 4 rings (SSSR count). The first-order valence-electron chi connectivity index (χ1n) is 11.6. The Kier molecular flexibility index (Phi) is 7.02. The van der Waals surface area contributed by atoms with Gasteiger partial charge in [0.05, 0.1) is 13.7 Å². The van der Waals surface area contributed by atoms with Crippen molar-refractivity contribution < 1.29 is 47.7 Å². The molecule has 2 aliphatic carbocycles. The zero-order chi connectivity index (χ0) is 27.0. The van der Waals surface area contributed by atoms with Gasteiger partial charge in [-0.1, -0.05) is 0 Å². The number of ether oxygens (including phenoxy) is 5. The number of hydrogen-bond donors (Lipinski definition) is 0. The van der Waals surface area contributed by atoms with E-state index in [2.05, 4.69) is 0 Å². The summed E-state index contributed by atoms with van der Waals surface area (Å²) < 4.78 is 26.7. The molecule has 194 valence electrons. The van der Waals surface area contributed by atoms with Crippen LogP contribution in [0, 0.1) is 11.8 Å². The molecule has 0 fully saturated rings. The molecule has 37 heavy (non-hydrogen) atoms. The number of fused-ring (bicyclic) bond motifs is 6. The number of Topliss-reactive ketones (excluding diaryl/α,β-unsaturated/α-hetero) is 1. The highest BCUT2D eigenvalue weighted by Crippen LogP contribution is 2.53. The second-order valence-electron chi connectivity index (χ2n) is 8.99. The van der Waals surface area contributed by atoms with Crippen molar-refractivity contribution in [2.45, 2.75) is 40.0 Å². The Hall–Kier alpha value is -4.21. The van der Waals surface area contributed by atoms with Crippen LogP contribution < -0.4 is 18.9 Å². The van der Waals surface area contributed by atoms with E-state index >= 15 is 0 Å². The maximum Gasteiger partial charge on any atom is 0.308 e. The Balaban J connectivity index is 1.96. The van der Waals surface area contributed by atoms with Crippen LogP contribution in [-0.2, 0) is 30.3 Å². The van der Waals surface area contributed by atoms with E-state index in [4.69, 9.17) is 23.7 Å². The third kappa shape index (κ3) is 5.04. The number of carbonyl (C=O) groups is 5. The average Bonchev–Trinajstić information content (AvgIpc) is 2.80. The molecule has 0 aromatic heterocycles. The normalized spacial score (nSPS) is 19.2. The van der Waals surface area contributed by atoms with E-state index in [1.807, 2.05) is 0 Å². The highest BCUT2D eigenvalue weighted by molar-refractivity contribution is 6.03. The SMILES string of the molecule is COc1cc2c(cc1OC(C)=O)C1c3cc(OC(C)=O)c(OC(C)=O)cc3C(=O)C(C2)C1COC(C)=O. The van der Waals surface area contributed by atoms with E-state index in [1.165, 1.54) is 46.9 Å². The molecule has 10 heteroatoms. The number of methoxy groups -OCH3 is 1. The van der Waals surface area contributed by atoms with Crippen molar-refractivity contribution in [3.8, 4) is 23.0 Å². The lowest BCUT2D eigenvalue weighted by Gasteiger charge is -2.43. The van der Waals surface area contributed by atoms with Crippen LogP contribution in [0.3, 0.4) is 0 Å². The van der Waals surface area contributed by atoms with Gasteiger partial charge in [0, 0.05) is 51.0 Å². The minimum absolute atomic E-state index is 0.0280. The van der Waals surface area contributed by atoms with E-state index in [0.29, 0.717) is 23.3 Å². The first-order chi connectivity index (χ1) is 17.5. The van der Waals surface area contributed by atoms with Crippen molar-refractivity contribution in [3.63, 3.8) is 0 Å². The van der Waals surface area contributed by atoms with Gasteiger partial charge in [-0.3, -0.25) is 24.0 Å². The number of benzene rings is 2. The first kappa shape index (κ1) is 25.9.